The Kier molecular flexibility index (Phi) is 2.05. The average Bonchev–Trinajstić information content (AvgIpc) is 2.13. The maximum atomic E-state index is 9.15. The van der Waals surface area contributed by atoms with Crippen molar-refractivity contribution < 1.29 is 9.84 Å². The second-order valence-corrected chi connectivity index (χ2v) is 2.51. The van der Waals surface area contributed by atoms with Gasteiger partial charge in [-0.05, 0) is 7.05 Å². The molecule has 0 bridgehead atoms. The minimum absolute atomic E-state index is 0.227. The Labute approximate surface area is 55.2 Å². The molecule has 9 heavy (non-hydrogen) atoms. The van der Waals surface area contributed by atoms with Crippen molar-refractivity contribution in [3.63, 3.8) is 0 Å². The van der Waals surface area contributed by atoms with Crippen LogP contribution in [0, 0.1) is 0 Å². The van der Waals surface area contributed by atoms with E-state index in [-0.39, 0.29) is 12.3 Å². The number of rotatable bonds is 1. The normalized spacial score (nSPS) is 37.7. The van der Waals surface area contributed by atoms with Crippen molar-refractivity contribution >= 4 is 0 Å². The van der Waals surface area contributed by atoms with Crippen LogP contribution < -0.4 is 0 Å². The molecule has 1 aliphatic rings. The van der Waals surface area contributed by atoms with Gasteiger partial charge in [-0.15, -0.1) is 0 Å². The van der Waals surface area contributed by atoms with Crippen LogP contribution in [0.25, 0.3) is 0 Å². The molecule has 0 aliphatic carbocycles. The summed E-state index contributed by atoms with van der Waals surface area (Å²) in [5, 5.41) is 9.15. The number of likely N-dealkylation sites (tertiary alicyclic amines) is 1. The zero-order chi connectivity index (χ0) is 6.85. The zero-order valence-electron chi connectivity index (χ0n) is 5.87. The van der Waals surface area contributed by atoms with Crippen molar-refractivity contribution in [2.24, 2.45) is 0 Å². The fraction of sp³-hybridized carbons (Fsp3) is 1.00. The van der Waals surface area contributed by atoms with Crippen molar-refractivity contribution in [1.29, 1.82) is 0 Å². The Morgan fingerprint density at radius 1 is 1.67 bits per heavy atom. The van der Waals surface area contributed by atoms with Gasteiger partial charge in [0.05, 0.1) is 6.10 Å². The summed E-state index contributed by atoms with van der Waals surface area (Å²) >= 11 is 0. The van der Waals surface area contributed by atoms with Crippen LogP contribution >= 0.6 is 0 Å². The van der Waals surface area contributed by atoms with Crippen LogP contribution in [0.3, 0.4) is 0 Å². The van der Waals surface area contributed by atoms with Crippen LogP contribution in [-0.2, 0) is 4.74 Å². The minimum Gasteiger partial charge on any atom is -0.380 e. The molecule has 1 aliphatic heterocycles. The first kappa shape index (κ1) is 6.99. The van der Waals surface area contributed by atoms with Gasteiger partial charge in [-0.2, -0.15) is 0 Å². The van der Waals surface area contributed by atoms with Crippen LogP contribution in [0.2, 0.25) is 0 Å². The average molecular weight is 131 g/mol. The molecule has 1 heterocycles. The molecule has 3 heteroatoms. The van der Waals surface area contributed by atoms with E-state index in [1.807, 2.05) is 11.9 Å². The third-order valence-electron chi connectivity index (χ3n) is 1.81. The Balaban J connectivity index is 2.35. The largest absolute Gasteiger partial charge is 0.380 e. The molecule has 1 N–H and O–H groups in total. The number of likely N-dealkylation sites (N-methyl/N-ethyl adjacent to an activating group) is 1. The highest BCUT2D eigenvalue weighted by molar-refractivity contribution is 4.75. The number of aliphatic hydroxyl groups is 1. The van der Waals surface area contributed by atoms with E-state index in [4.69, 9.17) is 9.84 Å². The molecule has 0 radical (unpaired) electrons. The molecular weight excluding hydrogens is 118 g/mol. The summed E-state index contributed by atoms with van der Waals surface area (Å²) in [4.78, 5) is 1.88. The number of ether oxygens (including phenoxy) is 1. The van der Waals surface area contributed by atoms with E-state index >= 15 is 0 Å². The van der Waals surface area contributed by atoms with E-state index in [9.17, 15) is 0 Å². The molecule has 3 nitrogen and oxygen atoms in total. The van der Waals surface area contributed by atoms with E-state index in [1.54, 1.807) is 7.11 Å². The van der Waals surface area contributed by atoms with E-state index in [1.165, 1.54) is 0 Å². The van der Waals surface area contributed by atoms with Gasteiger partial charge in [-0.1, -0.05) is 0 Å². The summed E-state index contributed by atoms with van der Waals surface area (Å²) in [6.45, 7) is 0.845. The summed E-state index contributed by atoms with van der Waals surface area (Å²) in [7, 11) is 3.57. The minimum atomic E-state index is -0.296. The molecule has 0 amide bonds. The zero-order valence-corrected chi connectivity index (χ0v) is 5.87. The summed E-state index contributed by atoms with van der Waals surface area (Å²) in [5.41, 5.74) is 0. The number of hydrogen-bond donors (Lipinski definition) is 1. The maximum absolute atomic E-state index is 9.15. The third-order valence-corrected chi connectivity index (χ3v) is 1.81. The van der Waals surface area contributed by atoms with Gasteiger partial charge in [-0.25, -0.2) is 0 Å². The number of methoxy groups -OCH3 is 1. The molecule has 54 valence electrons. The highest BCUT2D eigenvalue weighted by Gasteiger charge is 2.26. The van der Waals surface area contributed by atoms with Gasteiger partial charge in [0.25, 0.3) is 0 Å². The van der Waals surface area contributed by atoms with Gasteiger partial charge in [0.15, 0.2) is 0 Å². The van der Waals surface area contributed by atoms with Crippen molar-refractivity contribution in [3.05, 3.63) is 0 Å². The lowest BCUT2D eigenvalue weighted by molar-refractivity contribution is 0.0551. The highest BCUT2D eigenvalue weighted by atomic mass is 16.5. The summed E-state index contributed by atoms with van der Waals surface area (Å²) in [5.74, 6) is 0. The maximum Gasteiger partial charge on any atom is 0.109 e. The molecule has 0 aromatic carbocycles. The molecule has 1 rings (SSSR count). The topological polar surface area (TPSA) is 32.7 Å². The van der Waals surface area contributed by atoms with Crippen molar-refractivity contribution in [2.45, 2.75) is 18.8 Å². The van der Waals surface area contributed by atoms with Gasteiger partial charge >= 0.3 is 0 Å². The molecule has 2 atom stereocenters. The van der Waals surface area contributed by atoms with Crippen LogP contribution in [0.5, 0.6) is 0 Å². The standard InChI is InChI=1S/C6H13NO2/c1-7-4-5(9-2)3-6(7)8/h5-6,8H,3-4H2,1-2H3/t5-,6?/m1/s1. The third kappa shape index (κ3) is 1.41. The Bertz CT molecular complexity index is 87.1. The first-order valence-electron chi connectivity index (χ1n) is 3.15. The van der Waals surface area contributed by atoms with E-state index < -0.39 is 0 Å². The molecular formula is C6H13NO2. The predicted molar refractivity (Wildman–Crippen MR) is 34.1 cm³/mol. The van der Waals surface area contributed by atoms with E-state index in [0.29, 0.717) is 0 Å². The first-order valence-corrected chi connectivity index (χ1v) is 3.15. The summed E-state index contributed by atoms with van der Waals surface area (Å²) < 4.78 is 5.05. The second-order valence-electron chi connectivity index (χ2n) is 2.51. The first-order chi connectivity index (χ1) is 4.24. The predicted octanol–water partition coefficient (Wildman–Crippen LogP) is -0.345. The van der Waals surface area contributed by atoms with Gasteiger partial charge in [0.1, 0.15) is 6.23 Å². The molecule has 1 unspecified atom stereocenters. The molecule has 1 fully saturated rings. The van der Waals surface area contributed by atoms with Crippen molar-refractivity contribution in [1.82, 2.24) is 4.90 Å². The molecule has 0 aromatic heterocycles. The van der Waals surface area contributed by atoms with Gasteiger partial charge in [-0.3, -0.25) is 4.90 Å². The van der Waals surface area contributed by atoms with Gasteiger partial charge in [0.2, 0.25) is 0 Å². The summed E-state index contributed by atoms with van der Waals surface area (Å²) in [6.07, 6.45) is 0.674. The quantitative estimate of drug-likeness (QED) is 0.528. The Hall–Kier alpha value is -0.120. The smallest absolute Gasteiger partial charge is 0.109 e. The van der Waals surface area contributed by atoms with Crippen LogP contribution in [0.15, 0.2) is 0 Å². The number of nitrogens with zero attached hydrogens (tertiary/aromatic N) is 1. The Morgan fingerprint density at radius 2 is 2.33 bits per heavy atom. The van der Waals surface area contributed by atoms with Gasteiger partial charge < -0.3 is 9.84 Å². The van der Waals surface area contributed by atoms with Crippen molar-refractivity contribution in [3.8, 4) is 0 Å². The Morgan fingerprint density at radius 3 is 2.56 bits per heavy atom. The lowest BCUT2D eigenvalue weighted by atomic mass is 10.3. The van der Waals surface area contributed by atoms with Gasteiger partial charge in [0, 0.05) is 20.1 Å². The highest BCUT2D eigenvalue weighted by Crippen LogP contribution is 2.14. The molecule has 0 aromatic rings. The van der Waals surface area contributed by atoms with E-state index in [2.05, 4.69) is 0 Å². The summed E-state index contributed by atoms with van der Waals surface area (Å²) in [6, 6.07) is 0. The van der Waals surface area contributed by atoms with Crippen LogP contribution in [-0.4, -0.2) is 43.0 Å². The number of aliphatic hydroxyl groups excluding tert-OH is 1. The number of hydrogen-bond acceptors (Lipinski definition) is 3. The van der Waals surface area contributed by atoms with Crippen LogP contribution in [0.1, 0.15) is 6.42 Å². The lowest BCUT2D eigenvalue weighted by Gasteiger charge is -2.10. The fourth-order valence-electron chi connectivity index (χ4n) is 1.10. The second kappa shape index (κ2) is 2.64. The molecule has 0 saturated carbocycles. The van der Waals surface area contributed by atoms with Crippen molar-refractivity contribution in [2.75, 3.05) is 20.7 Å². The monoisotopic (exact) mass is 131 g/mol. The lowest BCUT2D eigenvalue weighted by Crippen LogP contribution is -2.24. The fourth-order valence-corrected chi connectivity index (χ4v) is 1.10. The molecule has 1 saturated heterocycles. The SMILES string of the molecule is CO[C@@H]1CC(O)N(C)C1. The van der Waals surface area contributed by atoms with E-state index in [0.717, 1.165) is 13.0 Å². The van der Waals surface area contributed by atoms with Crippen LogP contribution in [0.4, 0.5) is 0 Å². The molecule has 0 spiro atoms.